The zero-order valence-corrected chi connectivity index (χ0v) is 17.9. The molecule has 0 aromatic rings. The number of halogens is 1. The van der Waals surface area contributed by atoms with Crippen LogP contribution in [0.25, 0.3) is 0 Å². The smallest absolute Gasteiger partial charge is 0.142 e. The Labute approximate surface area is 173 Å². The van der Waals surface area contributed by atoms with Crippen LogP contribution in [-0.2, 0) is 9.63 Å². The predicted molar refractivity (Wildman–Crippen MR) is 111 cm³/mol. The van der Waals surface area contributed by atoms with Gasteiger partial charge in [-0.3, -0.25) is 4.79 Å². The number of hydrogen-bond donors (Lipinski definition) is 1. The summed E-state index contributed by atoms with van der Waals surface area (Å²) >= 11 is 0. The Kier molecular flexibility index (Phi) is 4.69. The first-order valence-electron chi connectivity index (χ1n) is 11.6. The molecular formula is C24H35FN2O2. The molecule has 1 heterocycles. The van der Waals surface area contributed by atoms with Crippen molar-refractivity contribution in [1.29, 1.82) is 0 Å². The largest absolute Gasteiger partial charge is 0.391 e. The summed E-state index contributed by atoms with van der Waals surface area (Å²) in [5.41, 5.74) is 2.10. The maximum absolute atomic E-state index is 15.0. The summed E-state index contributed by atoms with van der Waals surface area (Å²) in [6.07, 6.45) is 6.12. The van der Waals surface area contributed by atoms with Crippen molar-refractivity contribution in [3.05, 3.63) is 12.2 Å². The fraction of sp³-hybridized carbons (Fsp3) is 0.833. The van der Waals surface area contributed by atoms with E-state index in [0.717, 1.165) is 58.0 Å². The average molecular weight is 403 g/mol. The Bertz CT molecular complexity index is 745. The topological polar surface area (TPSA) is 50.7 Å². The van der Waals surface area contributed by atoms with Gasteiger partial charge in [-0.2, -0.15) is 0 Å². The predicted octanol–water partition coefficient (Wildman–Crippen LogP) is 4.45. The van der Waals surface area contributed by atoms with Crippen LogP contribution in [0.5, 0.6) is 0 Å². The average Bonchev–Trinajstić information content (AvgIpc) is 3.27. The van der Waals surface area contributed by atoms with Crippen molar-refractivity contribution in [1.82, 2.24) is 5.32 Å². The van der Waals surface area contributed by atoms with Gasteiger partial charge in [0.25, 0.3) is 0 Å². The van der Waals surface area contributed by atoms with Gasteiger partial charge >= 0.3 is 0 Å². The molecule has 1 N–H and O–H groups in total. The Morgan fingerprint density at radius 3 is 2.79 bits per heavy atom. The number of nitrogens with zero attached hydrogens (tertiary/aromatic N) is 1. The molecule has 4 nitrogen and oxygen atoms in total. The van der Waals surface area contributed by atoms with Crippen LogP contribution in [0.1, 0.15) is 65.2 Å². The van der Waals surface area contributed by atoms with Gasteiger partial charge in [0, 0.05) is 30.7 Å². The molecule has 8 atom stereocenters. The summed E-state index contributed by atoms with van der Waals surface area (Å²) < 4.78 is 15.0. The molecule has 5 aliphatic rings. The molecule has 1 aliphatic heterocycles. The lowest BCUT2D eigenvalue weighted by molar-refractivity contribution is -0.135. The highest BCUT2D eigenvalue weighted by Crippen LogP contribution is 2.66. The van der Waals surface area contributed by atoms with Gasteiger partial charge in [-0.1, -0.05) is 31.2 Å². The summed E-state index contributed by atoms with van der Waals surface area (Å²) in [6.45, 7) is 10.8. The van der Waals surface area contributed by atoms with Crippen LogP contribution in [0.15, 0.2) is 17.3 Å². The fourth-order valence-electron chi connectivity index (χ4n) is 7.79. The minimum absolute atomic E-state index is 0.114. The number of fused-ring (bicyclic) bond motifs is 5. The molecule has 29 heavy (non-hydrogen) atoms. The summed E-state index contributed by atoms with van der Waals surface area (Å²) in [7, 11) is 0. The second-order valence-electron chi connectivity index (χ2n) is 10.9. The van der Waals surface area contributed by atoms with Crippen LogP contribution in [0.3, 0.4) is 0 Å². The number of ketones is 1. The van der Waals surface area contributed by atoms with E-state index >= 15 is 4.39 Å². The van der Waals surface area contributed by atoms with Crippen LogP contribution in [-0.4, -0.2) is 36.9 Å². The highest BCUT2D eigenvalue weighted by Gasteiger charge is 2.63. The fourth-order valence-corrected chi connectivity index (χ4v) is 7.79. The first-order valence-corrected chi connectivity index (χ1v) is 11.6. The molecule has 5 fully saturated rings. The van der Waals surface area contributed by atoms with Crippen LogP contribution < -0.4 is 5.32 Å². The molecule has 8 unspecified atom stereocenters. The quantitative estimate of drug-likeness (QED) is 0.548. The normalized spacial score (nSPS) is 50.9. The van der Waals surface area contributed by atoms with Gasteiger partial charge in [0.15, 0.2) is 0 Å². The highest BCUT2D eigenvalue weighted by atomic mass is 19.1. The van der Waals surface area contributed by atoms with Crippen molar-refractivity contribution in [3.63, 3.8) is 0 Å². The third-order valence-electron chi connectivity index (χ3n) is 9.47. The van der Waals surface area contributed by atoms with Crippen molar-refractivity contribution in [2.45, 2.75) is 77.5 Å². The van der Waals surface area contributed by atoms with Crippen LogP contribution in [0.2, 0.25) is 0 Å². The van der Waals surface area contributed by atoms with Gasteiger partial charge in [0.05, 0.1) is 5.71 Å². The number of rotatable bonds is 2. The Morgan fingerprint density at radius 2 is 2.03 bits per heavy atom. The molecule has 0 bridgehead atoms. The Hall–Kier alpha value is -1.23. The highest BCUT2D eigenvalue weighted by molar-refractivity contribution is 5.88. The molecule has 5 heteroatoms. The molecule has 0 aromatic carbocycles. The van der Waals surface area contributed by atoms with E-state index in [0.29, 0.717) is 11.8 Å². The first kappa shape index (κ1) is 19.7. The number of nitrogens with one attached hydrogen (secondary N) is 1. The molecule has 5 rings (SSSR count). The van der Waals surface area contributed by atoms with Crippen LogP contribution in [0.4, 0.5) is 4.39 Å². The lowest BCUT2D eigenvalue weighted by Gasteiger charge is -2.60. The van der Waals surface area contributed by atoms with Crippen molar-refractivity contribution in [3.8, 4) is 0 Å². The molecule has 0 radical (unpaired) electrons. The maximum atomic E-state index is 15.0. The number of oxime groups is 1. The zero-order valence-electron chi connectivity index (χ0n) is 17.9. The number of hydrogen-bond acceptors (Lipinski definition) is 4. The number of carbonyl (C=O) groups is 1. The van der Waals surface area contributed by atoms with E-state index in [2.05, 4.69) is 24.0 Å². The van der Waals surface area contributed by atoms with Gasteiger partial charge in [-0.15, -0.1) is 0 Å². The third kappa shape index (κ3) is 2.94. The van der Waals surface area contributed by atoms with E-state index in [1.54, 1.807) is 0 Å². The van der Waals surface area contributed by atoms with Gasteiger partial charge in [0.1, 0.15) is 18.1 Å². The van der Waals surface area contributed by atoms with Gasteiger partial charge < -0.3 is 10.2 Å². The van der Waals surface area contributed by atoms with Gasteiger partial charge in [-0.25, -0.2) is 4.39 Å². The van der Waals surface area contributed by atoms with E-state index in [4.69, 9.17) is 4.84 Å². The van der Waals surface area contributed by atoms with E-state index < -0.39 is 11.6 Å². The lowest BCUT2D eigenvalue weighted by Crippen LogP contribution is -2.55. The third-order valence-corrected chi connectivity index (χ3v) is 9.47. The second-order valence-corrected chi connectivity index (χ2v) is 10.9. The standard InChI is InChI=1S/C24H35FN2O2/c1-14-10-17-18(5-8-24(3)21(28)12-20(25)22(17)24)23(2)7-4-15(11-19(14)23)27-29-16-6-9-26-13-16/h16-20,22,26H,1,4-13H2,2-3H3. The molecule has 0 amide bonds. The van der Waals surface area contributed by atoms with E-state index in [1.165, 1.54) is 11.3 Å². The van der Waals surface area contributed by atoms with Crippen molar-refractivity contribution < 1.29 is 14.0 Å². The van der Waals surface area contributed by atoms with E-state index in [-0.39, 0.29) is 35.6 Å². The Morgan fingerprint density at radius 1 is 1.21 bits per heavy atom. The molecule has 4 saturated carbocycles. The molecule has 0 spiro atoms. The minimum atomic E-state index is -0.970. The van der Waals surface area contributed by atoms with Gasteiger partial charge in [-0.05, 0) is 68.2 Å². The van der Waals surface area contributed by atoms with Crippen molar-refractivity contribution in [2.75, 3.05) is 13.1 Å². The van der Waals surface area contributed by atoms with Crippen molar-refractivity contribution in [2.24, 2.45) is 39.7 Å². The monoisotopic (exact) mass is 402 g/mol. The summed E-state index contributed by atoms with van der Waals surface area (Å²) in [6, 6.07) is 0. The minimum Gasteiger partial charge on any atom is -0.391 e. The zero-order chi connectivity index (χ0) is 20.4. The summed E-state index contributed by atoms with van der Waals surface area (Å²) in [4.78, 5) is 18.4. The van der Waals surface area contributed by atoms with E-state index in [9.17, 15) is 4.79 Å². The molecule has 160 valence electrons. The molecule has 0 aromatic heterocycles. The number of allylic oxidation sites excluding steroid dienone is 1. The molecule has 4 aliphatic carbocycles. The Balaban J connectivity index is 1.37. The van der Waals surface area contributed by atoms with E-state index in [1.807, 2.05) is 6.92 Å². The SMILES string of the molecule is C=C1CC2C3C(F)CC(=O)C3(C)CCC2C2(C)CCC(=NOC3CCNC3)CC12. The first-order chi connectivity index (χ1) is 13.8. The maximum Gasteiger partial charge on any atom is 0.142 e. The second kappa shape index (κ2) is 6.90. The van der Waals surface area contributed by atoms with Crippen molar-refractivity contribution >= 4 is 11.5 Å². The summed E-state index contributed by atoms with van der Waals surface area (Å²) in [5, 5.41) is 7.86. The number of carbonyl (C=O) groups excluding carboxylic acids is 1. The molecular weight excluding hydrogens is 367 g/mol. The molecule has 1 saturated heterocycles. The van der Waals surface area contributed by atoms with Gasteiger partial charge in [0.2, 0.25) is 0 Å². The number of alkyl halides is 1. The number of Topliss-reactive ketones (excluding diaryl/α,β-unsaturated/α-hetero) is 1. The van der Waals surface area contributed by atoms with Crippen LogP contribution >= 0.6 is 0 Å². The van der Waals surface area contributed by atoms with Crippen LogP contribution in [0, 0.1) is 34.5 Å². The lowest BCUT2D eigenvalue weighted by atomic mass is 9.44. The summed E-state index contributed by atoms with van der Waals surface area (Å²) in [5.74, 6) is 1.20.